The molecule has 2 aliphatic carbocycles. The minimum Gasteiger partial charge on any atom is -0.340 e. The molecule has 7 rings (SSSR count). The van der Waals surface area contributed by atoms with Gasteiger partial charge in [-0.2, -0.15) is 0 Å². The van der Waals surface area contributed by atoms with Crippen molar-refractivity contribution >= 4 is 29.5 Å². The lowest BCUT2D eigenvalue weighted by Crippen LogP contribution is -2.46. The quantitative estimate of drug-likeness (QED) is 0.675. The number of imidazole rings is 1. The third-order valence-corrected chi connectivity index (χ3v) is 8.27. The van der Waals surface area contributed by atoms with Crippen LogP contribution in [0.4, 0.5) is 4.39 Å². The monoisotopic (exact) mass is 505 g/mol. The Morgan fingerprint density at radius 1 is 1.22 bits per heavy atom. The zero-order chi connectivity index (χ0) is 24.8. The fourth-order valence-electron chi connectivity index (χ4n) is 6.27. The predicted molar refractivity (Wildman–Crippen MR) is 129 cm³/mol. The minimum atomic E-state index is -0.686. The van der Waals surface area contributed by atoms with Crippen molar-refractivity contribution in [3.63, 3.8) is 0 Å². The Morgan fingerprint density at radius 3 is 2.81 bits per heavy atom. The second kappa shape index (κ2) is 7.42. The van der Waals surface area contributed by atoms with Crippen molar-refractivity contribution in [2.24, 2.45) is 17.5 Å². The van der Waals surface area contributed by atoms with Crippen LogP contribution in [-0.2, 0) is 16.6 Å². The van der Waals surface area contributed by atoms with E-state index in [0.29, 0.717) is 36.6 Å². The van der Waals surface area contributed by atoms with E-state index in [9.17, 15) is 9.59 Å². The van der Waals surface area contributed by atoms with Gasteiger partial charge < -0.3 is 9.88 Å². The molecule has 1 amide bonds. The molecular formula is C25H21ClFN7O2. The van der Waals surface area contributed by atoms with Gasteiger partial charge in [0.2, 0.25) is 5.91 Å². The van der Waals surface area contributed by atoms with Crippen LogP contribution in [0.3, 0.4) is 0 Å². The van der Waals surface area contributed by atoms with Gasteiger partial charge in [-0.05, 0) is 35.6 Å². The van der Waals surface area contributed by atoms with E-state index >= 15 is 4.39 Å². The van der Waals surface area contributed by atoms with Crippen molar-refractivity contribution in [3.8, 4) is 11.4 Å². The number of aromatic amines is 1. The van der Waals surface area contributed by atoms with Crippen LogP contribution < -0.4 is 0 Å². The molecule has 2 aromatic heterocycles. The lowest BCUT2D eigenvalue weighted by molar-refractivity contribution is -0.129. The van der Waals surface area contributed by atoms with E-state index in [1.54, 1.807) is 24.1 Å². The first-order valence-electron chi connectivity index (χ1n) is 11.8. The lowest BCUT2D eigenvalue weighted by Gasteiger charge is -2.42. The highest BCUT2D eigenvalue weighted by Gasteiger charge is 2.62. The summed E-state index contributed by atoms with van der Waals surface area (Å²) in [6.45, 7) is 0.674. The Balaban J connectivity index is 1.45. The smallest absolute Gasteiger partial charge is 0.223 e. The molecule has 1 saturated heterocycles. The average Bonchev–Trinajstić information content (AvgIpc) is 3.14. The van der Waals surface area contributed by atoms with Gasteiger partial charge in [0, 0.05) is 43.3 Å². The summed E-state index contributed by atoms with van der Waals surface area (Å²) < 4.78 is 16.9. The topological polar surface area (TPSA) is 109 Å². The van der Waals surface area contributed by atoms with Crippen LogP contribution in [0, 0.1) is 5.41 Å². The normalized spacial score (nSPS) is 28.5. The first-order chi connectivity index (χ1) is 17.4. The number of hydrogen-bond acceptors (Lipinski definition) is 6. The Kier molecular flexibility index (Phi) is 4.46. The van der Waals surface area contributed by atoms with Crippen LogP contribution in [-0.4, -0.2) is 66.9 Å². The van der Waals surface area contributed by atoms with Crippen LogP contribution in [0.1, 0.15) is 31.0 Å². The number of allylic oxidation sites excluding steroid dienone is 6. The van der Waals surface area contributed by atoms with Gasteiger partial charge in [-0.3, -0.25) is 14.6 Å². The van der Waals surface area contributed by atoms with Gasteiger partial charge in [-0.1, -0.05) is 16.8 Å². The molecule has 3 aliphatic heterocycles. The largest absolute Gasteiger partial charge is 0.340 e. The first-order valence-corrected chi connectivity index (χ1v) is 12.2. The van der Waals surface area contributed by atoms with Gasteiger partial charge in [0.15, 0.2) is 5.78 Å². The summed E-state index contributed by atoms with van der Waals surface area (Å²) in [4.78, 5) is 40.2. The van der Waals surface area contributed by atoms with Crippen molar-refractivity contribution in [3.05, 3.63) is 63.5 Å². The van der Waals surface area contributed by atoms with Gasteiger partial charge in [-0.25, -0.2) is 14.1 Å². The van der Waals surface area contributed by atoms with Crippen LogP contribution >= 0.6 is 11.6 Å². The summed E-state index contributed by atoms with van der Waals surface area (Å²) in [6.07, 6.45) is 9.57. The molecule has 9 nitrogen and oxygen atoms in total. The number of H-pyrrole nitrogens is 1. The summed E-state index contributed by atoms with van der Waals surface area (Å²) in [5.74, 6) is -0.845. The van der Waals surface area contributed by atoms with Crippen LogP contribution in [0.5, 0.6) is 0 Å². The maximum atomic E-state index is 15.2. The summed E-state index contributed by atoms with van der Waals surface area (Å²) in [6, 6.07) is -0.132. The number of carbonyl (C=O) groups excluding carboxylic acids is 2. The molecule has 2 unspecified atom stereocenters. The van der Waals surface area contributed by atoms with Crippen molar-refractivity contribution in [2.45, 2.75) is 31.2 Å². The van der Waals surface area contributed by atoms with Gasteiger partial charge in [0.05, 0.1) is 41.6 Å². The zero-order valence-electron chi connectivity index (χ0n) is 19.3. The van der Waals surface area contributed by atoms with E-state index < -0.39 is 17.5 Å². The number of halogens is 2. The van der Waals surface area contributed by atoms with E-state index in [0.717, 1.165) is 35.8 Å². The van der Waals surface area contributed by atoms with Crippen molar-refractivity contribution in [1.29, 1.82) is 0 Å². The second-order valence-corrected chi connectivity index (χ2v) is 10.5. The molecule has 0 radical (unpaired) electrons. The Labute approximate surface area is 210 Å². The molecule has 36 heavy (non-hydrogen) atoms. The van der Waals surface area contributed by atoms with Crippen molar-refractivity contribution < 1.29 is 14.0 Å². The number of aromatic nitrogens is 5. The van der Waals surface area contributed by atoms with E-state index in [1.807, 2.05) is 4.90 Å². The summed E-state index contributed by atoms with van der Waals surface area (Å²) >= 11 is 6.50. The summed E-state index contributed by atoms with van der Waals surface area (Å²) in [7, 11) is 1.78. The Morgan fingerprint density at radius 2 is 2.06 bits per heavy atom. The lowest BCUT2D eigenvalue weighted by atomic mass is 9.74. The molecule has 1 saturated carbocycles. The van der Waals surface area contributed by atoms with Gasteiger partial charge in [0.1, 0.15) is 17.3 Å². The molecule has 2 atom stereocenters. The highest BCUT2D eigenvalue weighted by atomic mass is 35.5. The first kappa shape index (κ1) is 21.6. The van der Waals surface area contributed by atoms with E-state index in [4.69, 9.17) is 11.6 Å². The maximum absolute atomic E-state index is 15.2. The number of ketones is 1. The van der Waals surface area contributed by atoms with Crippen LogP contribution in [0.15, 0.2) is 62.7 Å². The maximum Gasteiger partial charge on any atom is 0.223 e. The number of nitrogens with zero attached hydrogens (tertiary/aromatic N) is 6. The third kappa shape index (κ3) is 3.00. The fourth-order valence-corrected chi connectivity index (χ4v) is 6.53. The van der Waals surface area contributed by atoms with Crippen molar-refractivity contribution in [1.82, 2.24) is 29.9 Å². The molecule has 11 heteroatoms. The number of nitrogens with one attached hydrogen (secondary N) is 1. The molecule has 0 aromatic carbocycles. The molecule has 1 N–H and O–H groups in total. The van der Waals surface area contributed by atoms with E-state index in [1.165, 1.54) is 12.3 Å². The summed E-state index contributed by atoms with van der Waals surface area (Å²) in [5.41, 5.74) is 3.66. The second-order valence-electron chi connectivity index (χ2n) is 10.0. The number of rotatable bonds is 2. The standard InChI is InChI=1S/C25H21ClFN7O2/c1-33-19(10-30-32-33)18-9-29-24(31-18)15-11-34-20(36)6-25(2-3-25)23(34)14-7-28-8-16(26)22-13(21(14)15)4-12(35)5-17(22)27/h4-5,8-10,15,23H,2-3,6-7,11H2,1H3,(H,29,31)/b22-16-,28-8?. The van der Waals surface area contributed by atoms with Crippen LogP contribution in [0.2, 0.25) is 0 Å². The molecule has 1 spiro atoms. The number of aryl methyl sites for hydroxylation is 1. The number of aliphatic imine (C=N–C) groups is 1. The highest BCUT2D eigenvalue weighted by Crippen LogP contribution is 2.62. The highest BCUT2D eigenvalue weighted by molar-refractivity contribution is 6.40. The third-order valence-electron chi connectivity index (χ3n) is 7.99. The predicted octanol–water partition coefficient (Wildman–Crippen LogP) is 2.92. The number of amides is 1. The SMILES string of the molecule is Cn1nncc1-c1cnc(C2CN3C(=O)CC4(CC4)C3C3=C2C2=CC(=O)C=C(F)/C2=C(\Cl)C=NC3)[nH]1. The molecular weight excluding hydrogens is 485 g/mol. The van der Waals surface area contributed by atoms with Gasteiger partial charge >= 0.3 is 0 Å². The molecule has 2 fully saturated rings. The number of carbonyl (C=O) groups is 2. The fraction of sp³-hybridized carbons (Fsp3) is 0.360. The molecule has 5 aliphatic rings. The Bertz CT molecular complexity index is 1520. The minimum absolute atomic E-state index is 0.108. The Hall–Kier alpha value is -3.66. The molecule has 182 valence electrons. The van der Waals surface area contributed by atoms with Crippen LogP contribution in [0.25, 0.3) is 11.4 Å². The van der Waals surface area contributed by atoms with E-state index in [2.05, 4.69) is 25.3 Å². The van der Waals surface area contributed by atoms with E-state index in [-0.39, 0.29) is 28.0 Å². The zero-order valence-corrected chi connectivity index (χ0v) is 20.1. The number of fused-ring (bicyclic) bond motifs is 5. The van der Waals surface area contributed by atoms with Crippen molar-refractivity contribution in [2.75, 3.05) is 13.1 Å². The molecule has 5 heterocycles. The average molecular weight is 506 g/mol. The van der Waals surface area contributed by atoms with Gasteiger partial charge in [0.25, 0.3) is 0 Å². The molecule has 2 aromatic rings. The summed E-state index contributed by atoms with van der Waals surface area (Å²) in [5, 5.41) is 8.06. The van der Waals surface area contributed by atoms with Gasteiger partial charge in [-0.15, -0.1) is 5.10 Å². The number of hydrogen-bond donors (Lipinski definition) is 1. The molecule has 0 bridgehead atoms.